The molecule has 2 heteroatoms. The monoisotopic (exact) mass is 160 g/mol. The van der Waals surface area contributed by atoms with Crippen LogP contribution < -0.4 is 0 Å². The summed E-state index contributed by atoms with van der Waals surface area (Å²) in [4.78, 5) is 4.19. The van der Waals surface area contributed by atoms with Crippen molar-refractivity contribution in [3.63, 3.8) is 0 Å². The molecule has 0 amide bonds. The van der Waals surface area contributed by atoms with Gasteiger partial charge in [0.25, 0.3) is 0 Å². The summed E-state index contributed by atoms with van der Waals surface area (Å²) in [6.07, 6.45) is 0. The van der Waals surface area contributed by atoms with Crippen LogP contribution in [-0.4, -0.2) is 4.98 Å². The summed E-state index contributed by atoms with van der Waals surface area (Å²) in [5, 5.41) is 1.80. The number of nitrogens with zero attached hydrogens (tertiary/aromatic N) is 1. The third kappa shape index (κ3) is 1.17. The smallest absolute Gasteiger partial charge is 0.126 e. The van der Waals surface area contributed by atoms with Crippen molar-refractivity contribution in [2.75, 3.05) is 0 Å². The second-order valence-corrected chi connectivity index (χ2v) is 2.76. The Morgan fingerprint density at radius 2 is 1.82 bits per heavy atom. The van der Waals surface area contributed by atoms with E-state index in [1.165, 1.54) is 0 Å². The Morgan fingerprint density at radius 3 is 2.73 bits per heavy atom. The molecule has 0 bridgehead atoms. The molecule has 2 rings (SSSR count). The predicted octanol–water partition coefficient (Wildman–Crippen LogP) is 2.79. The first kappa shape index (κ1) is 6.55. The number of rotatable bonds is 0. The third-order valence-electron chi connectivity index (χ3n) is 1.57. The summed E-state index contributed by atoms with van der Waals surface area (Å²) in [6, 6.07) is 11.8. The highest BCUT2D eigenvalue weighted by atomic mass is 32.1. The zero-order chi connectivity index (χ0) is 7.68. The second kappa shape index (κ2) is 2.47. The van der Waals surface area contributed by atoms with Crippen LogP contribution >= 0.6 is 12.6 Å². The normalized spacial score (nSPS) is 10.2. The maximum atomic E-state index is 4.93. The van der Waals surface area contributed by atoms with Gasteiger partial charge in [0, 0.05) is 5.39 Å². The van der Waals surface area contributed by atoms with Gasteiger partial charge in [0.15, 0.2) is 0 Å². The van der Waals surface area contributed by atoms with Gasteiger partial charge in [-0.15, -0.1) is 0 Å². The van der Waals surface area contributed by atoms with Gasteiger partial charge in [0.2, 0.25) is 0 Å². The predicted molar refractivity (Wildman–Crippen MR) is 47.6 cm³/mol. The lowest BCUT2D eigenvalue weighted by Gasteiger charge is -1.94. The minimum Gasteiger partial charge on any atom is -0.237 e. The van der Waals surface area contributed by atoms with E-state index in [9.17, 15) is 0 Å². The van der Waals surface area contributed by atoms with E-state index in [1.54, 1.807) is 0 Å². The van der Waals surface area contributed by atoms with E-state index in [2.05, 4.69) is 4.98 Å². The molecule has 0 aliphatic carbocycles. The molecule has 1 aromatic heterocycles. The number of hydrogen-bond donors (Lipinski definition) is 0. The number of hydrogen-bond acceptors (Lipinski definition) is 1. The van der Waals surface area contributed by atoms with Crippen molar-refractivity contribution in [1.29, 1.82) is 0 Å². The molecule has 1 heterocycles. The highest BCUT2D eigenvalue weighted by Gasteiger charge is 1.92. The molecule has 0 fully saturated rings. The molecule has 0 saturated heterocycles. The van der Waals surface area contributed by atoms with Gasteiger partial charge in [-0.2, -0.15) is 0 Å². The van der Waals surface area contributed by atoms with Gasteiger partial charge in [-0.3, -0.25) is 0 Å². The Bertz CT molecular complexity index is 384. The second-order valence-electron chi connectivity index (χ2n) is 2.34. The summed E-state index contributed by atoms with van der Waals surface area (Å²) < 4.78 is 0. The van der Waals surface area contributed by atoms with E-state index in [-0.39, 0.29) is 0 Å². The van der Waals surface area contributed by atoms with Crippen molar-refractivity contribution in [2.45, 2.75) is 5.03 Å². The topological polar surface area (TPSA) is 12.9 Å². The van der Waals surface area contributed by atoms with Gasteiger partial charge < -0.3 is 0 Å². The minimum atomic E-state index is 0.656. The Hall–Kier alpha value is -1.15. The first-order valence-corrected chi connectivity index (χ1v) is 3.80. The third-order valence-corrected chi connectivity index (χ3v) is 1.80. The summed E-state index contributed by atoms with van der Waals surface area (Å²) in [5.41, 5.74) is 0.972. The summed E-state index contributed by atoms with van der Waals surface area (Å²) in [5.74, 6) is 0. The first-order valence-electron chi connectivity index (χ1n) is 3.39. The number of fused-ring (bicyclic) bond motifs is 1. The lowest BCUT2D eigenvalue weighted by molar-refractivity contribution is 1.20. The fraction of sp³-hybridized carbons (Fsp3) is 0. The Morgan fingerprint density at radius 1 is 1.00 bits per heavy atom. The van der Waals surface area contributed by atoms with Crippen LogP contribution in [0, 0.1) is 0 Å². The molecule has 0 unspecified atom stereocenters. The van der Waals surface area contributed by atoms with Gasteiger partial charge in [-0.25, -0.2) is 4.98 Å². The lowest BCUT2D eigenvalue weighted by atomic mass is 10.2. The highest BCUT2D eigenvalue weighted by Crippen LogP contribution is 2.12. The molecule has 1 radical (unpaired) electrons. The van der Waals surface area contributed by atoms with Crippen molar-refractivity contribution in [2.24, 2.45) is 0 Å². The van der Waals surface area contributed by atoms with E-state index in [0.29, 0.717) is 5.03 Å². The van der Waals surface area contributed by atoms with Crippen molar-refractivity contribution < 1.29 is 0 Å². The van der Waals surface area contributed by atoms with Crippen molar-refractivity contribution >= 4 is 23.5 Å². The molecule has 0 saturated carbocycles. The average Bonchev–Trinajstić information content (AvgIpc) is 2.04. The maximum absolute atomic E-state index is 4.93. The Labute approximate surface area is 70.5 Å². The molecule has 53 valence electrons. The number of pyridine rings is 1. The molecule has 0 N–H and O–H groups in total. The van der Waals surface area contributed by atoms with Gasteiger partial charge in [0.05, 0.1) is 5.52 Å². The maximum Gasteiger partial charge on any atom is 0.126 e. The molecule has 1 nitrogen and oxygen atoms in total. The number of aromatic nitrogens is 1. The summed E-state index contributed by atoms with van der Waals surface area (Å²) in [7, 11) is 0. The van der Waals surface area contributed by atoms with Crippen LogP contribution in [0.3, 0.4) is 0 Å². The molecule has 0 aliphatic rings. The molecule has 0 spiro atoms. The van der Waals surface area contributed by atoms with Crippen molar-refractivity contribution in [3.05, 3.63) is 36.4 Å². The van der Waals surface area contributed by atoms with Gasteiger partial charge in [0.1, 0.15) is 5.03 Å². The van der Waals surface area contributed by atoms with Crippen LogP contribution in [0.4, 0.5) is 0 Å². The van der Waals surface area contributed by atoms with E-state index < -0.39 is 0 Å². The van der Waals surface area contributed by atoms with Gasteiger partial charge >= 0.3 is 0 Å². The number of benzene rings is 1. The van der Waals surface area contributed by atoms with Crippen LogP contribution in [0.1, 0.15) is 0 Å². The molecule has 0 aliphatic heterocycles. The minimum absolute atomic E-state index is 0.656. The van der Waals surface area contributed by atoms with Crippen LogP contribution in [0.25, 0.3) is 10.9 Å². The zero-order valence-electron chi connectivity index (χ0n) is 5.82. The molecule has 11 heavy (non-hydrogen) atoms. The van der Waals surface area contributed by atoms with Crippen LogP contribution in [0.15, 0.2) is 41.4 Å². The first-order chi connectivity index (χ1) is 5.36. The number of para-hydroxylation sites is 1. The van der Waals surface area contributed by atoms with E-state index in [0.717, 1.165) is 10.9 Å². The lowest BCUT2D eigenvalue weighted by Crippen LogP contribution is -1.77. The molecule has 1 aromatic carbocycles. The van der Waals surface area contributed by atoms with Gasteiger partial charge in [-0.1, -0.05) is 30.8 Å². The van der Waals surface area contributed by atoms with Crippen molar-refractivity contribution in [1.82, 2.24) is 4.98 Å². The van der Waals surface area contributed by atoms with E-state index in [1.807, 2.05) is 36.4 Å². The SMILES string of the molecule is [S]c1ccc2ccccc2n1. The molecule has 0 atom stereocenters. The molecule has 2 aromatic rings. The zero-order valence-corrected chi connectivity index (χ0v) is 6.64. The largest absolute Gasteiger partial charge is 0.237 e. The summed E-state index contributed by atoms with van der Waals surface area (Å²) >= 11 is 4.93. The van der Waals surface area contributed by atoms with E-state index in [4.69, 9.17) is 12.6 Å². The fourth-order valence-corrected chi connectivity index (χ4v) is 1.21. The molecular formula is C9H6NS. The Kier molecular flexibility index (Phi) is 1.47. The standard InChI is InChI=1S/C9H6NS/c11-9-6-5-7-3-1-2-4-8(7)10-9/h1-6H. The van der Waals surface area contributed by atoms with Crippen LogP contribution in [0.2, 0.25) is 0 Å². The highest BCUT2D eigenvalue weighted by molar-refractivity contribution is 7.80. The summed E-state index contributed by atoms with van der Waals surface area (Å²) in [6.45, 7) is 0. The van der Waals surface area contributed by atoms with Gasteiger partial charge in [-0.05, 0) is 18.2 Å². The van der Waals surface area contributed by atoms with E-state index >= 15 is 0 Å². The Balaban J connectivity index is 2.83. The average molecular weight is 160 g/mol. The fourth-order valence-electron chi connectivity index (χ4n) is 1.05. The van der Waals surface area contributed by atoms with Crippen LogP contribution in [-0.2, 0) is 0 Å². The van der Waals surface area contributed by atoms with Crippen LogP contribution in [0.5, 0.6) is 0 Å². The van der Waals surface area contributed by atoms with Crippen molar-refractivity contribution in [3.8, 4) is 0 Å². The quantitative estimate of drug-likeness (QED) is 0.577. The molecular weight excluding hydrogens is 154 g/mol.